The van der Waals surface area contributed by atoms with Crippen LogP contribution in [0.5, 0.6) is 0 Å². The van der Waals surface area contributed by atoms with Gasteiger partial charge in [-0.2, -0.15) is 0 Å². The van der Waals surface area contributed by atoms with Gasteiger partial charge >= 0.3 is 5.97 Å². The molecule has 0 spiro atoms. The van der Waals surface area contributed by atoms with Crippen LogP contribution in [0.15, 0.2) is 24.3 Å². The quantitative estimate of drug-likeness (QED) is 0.779. The molecule has 3 rings (SSSR count). The number of hydrogen-bond donors (Lipinski definition) is 2. The van der Waals surface area contributed by atoms with E-state index in [1.54, 1.807) is 0 Å². The number of ether oxygens (including phenoxy) is 1. The maximum Gasteiger partial charge on any atom is 0.325 e. The standard InChI is InChI=1S/C15H18N2O3/c18-14-9-16-12(8-17-14)15(19)20-13-7-3-5-10-4-1-2-6-11(10)13/h1-2,4,6,12-13,16H,3,5,7-9H2,(H,17,18). The maximum atomic E-state index is 12.1. The highest BCUT2D eigenvalue weighted by Crippen LogP contribution is 2.32. The number of carbonyl (C=O) groups excluding carboxylic acids is 2. The van der Waals surface area contributed by atoms with Crippen LogP contribution in [-0.2, 0) is 20.7 Å². The van der Waals surface area contributed by atoms with Gasteiger partial charge in [0.1, 0.15) is 12.1 Å². The predicted molar refractivity (Wildman–Crippen MR) is 73.0 cm³/mol. The lowest BCUT2D eigenvalue weighted by Crippen LogP contribution is -2.55. The molecule has 1 aromatic rings. The minimum atomic E-state index is -0.443. The second-order valence-corrected chi connectivity index (χ2v) is 5.25. The van der Waals surface area contributed by atoms with Crippen LogP contribution in [0.25, 0.3) is 0 Å². The number of hydrogen-bond acceptors (Lipinski definition) is 4. The number of piperazine rings is 1. The minimum Gasteiger partial charge on any atom is -0.456 e. The van der Waals surface area contributed by atoms with Gasteiger partial charge in [-0.15, -0.1) is 0 Å². The van der Waals surface area contributed by atoms with Gasteiger partial charge in [0.15, 0.2) is 0 Å². The Kier molecular flexibility index (Phi) is 3.69. The summed E-state index contributed by atoms with van der Waals surface area (Å²) in [5, 5.41) is 5.56. The summed E-state index contributed by atoms with van der Waals surface area (Å²) in [6.45, 7) is 0.465. The topological polar surface area (TPSA) is 67.4 Å². The number of carbonyl (C=O) groups is 2. The van der Waals surface area contributed by atoms with Gasteiger partial charge in [-0.3, -0.25) is 14.9 Å². The Morgan fingerprint density at radius 1 is 1.30 bits per heavy atom. The Morgan fingerprint density at radius 2 is 2.15 bits per heavy atom. The van der Waals surface area contributed by atoms with E-state index in [2.05, 4.69) is 16.7 Å². The molecule has 106 valence electrons. The first kappa shape index (κ1) is 13.1. The summed E-state index contributed by atoms with van der Waals surface area (Å²) >= 11 is 0. The van der Waals surface area contributed by atoms with E-state index in [-0.39, 0.29) is 24.5 Å². The van der Waals surface area contributed by atoms with Crippen molar-refractivity contribution in [3.63, 3.8) is 0 Å². The van der Waals surface area contributed by atoms with Crippen LogP contribution in [-0.4, -0.2) is 31.0 Å². The van der Waals surface area contributed by atoms with E-state index in [1.165, 1.54) is 5.56 Å². The molecule has 20 heavy (non-hydrogen) atoms. The molecule has 0 bridgehead atoms. The van der Waals surface area contributed by atoms with Gasteiger partial charge in [-0.1, -0.05) is 24.3 Å². The smallest absolute Gasteiger partial charge is 0.325 e. The van der Waals surface area contributed by atoms with E-state index in [0.717, 1.165) is 24.8 Å². The van der Waals surface area contributed by atoms with Crippen LogP contribution in [0, 0.1) is 0 Å². The lowest BCUT2D eigenvalue weighted by Gasteiger charge is -2.28. The van der Waals surface area contributed by atoms with Crippen molar-refractivity contribution in [2.45, 2.75) is 31.4 Å². The Balaban J connectivity index is 1.66. The molecule has 2 atom stereocenters. The molecule has 5 heteroatoms. The Bertz CT molecular complexity index is 520. The number of esters is 1. The van der Waals surface area contributed by atoms with Crippen molar-refractivity contribution in [2.24, 2.45) is 0 Å². The summed E-state index contributed by atoms with van der Waals surface area (Å²) in [7, 11) is 0. The van der Waals surface area contributed by atoms with Crippen molar-refractivity contribution in [3.05, 3.63) is 35.4 Å². The highest BCUT2D eigenvalue weighted by Gasteiger charge is 2.29. The Labute approximate surface area is 117 Å². The zero-order chi connectivity index (χ0) is 13.9. The van der Waals surface area contributed by atoms with Gasteiger partial charge in [0.05, 0.1) is 6.54 Å². The first-order chi connectivity index (χ1) is 9.74. The SMILES string of the molecule is O=C1CNC(C(=O)OC2CCCc3ccccc32)CN1. The molecule has 0 saturated carbocycles. The summed E-state index contributed by atoms with van der Waals surface area (Å²) in [5.41, 5.74) is 2.38. The summed E-state index contributed by atoms with van der Waals surface area (Å²) in [4.78, 5) is 23.2. The number of fused-ring (bicyclic) bond motifs is 1. The molecule has 1 aliphatic carbocycles. The summed E-state index contributed by atoms with van der Waals surface area (Å²) in [6, 6.07) is 7.67. The first-order valence-corrected chi connectivity index (χ1v) is 7.02. The molecule has 1 aromatic carbocycles. The number of rotatable bonds is 2. The fourth-order valence-corrected chi connectivity index (χ4v) is 2.79. The van der Waals surface area contributed by atoms with E-state index < -0.39 is 6.04 Å². The molecular formula is C15H18N2O3. The number of aryl methyl sites for hydroxylation is 1. The zero-order valence-electron chi connectivity index (χ0n) is 11.2. The molecule has 1 amide bonds. The third-order valence-corrected chi connectivity index (χ3v) is 3.87. The summed E-state index contributed by atoms with van der Waals surface area (Å²) in [6.07, 6.45) is 2.78. The normalized spacial score (nSPS) is 25.5. The summed E-state index contributed by atoms with van der Waals surface area (Å²) in [5.74, 6) is -0.372. The molecule has 1 saturated heterocycles. The lowest BCUT2D eigenvalue weighted by atomic mass is 9.89. The monoisotopic (exact) mass is 274 g/mol. The third kappa shape index (κ3) is 2.67. The number of nitrogens with one attached hydrogen (secondary N) is 2. The van der Waals surface area contributed by atoms with Gasteiger partial charge in [-0.05, 0) is 30.4 Å². The van der Waals surface area contributed by atoms with E-state index in [0.29, 0.717) is 6.54 Å². The molecule has 1 heterocycles. The van der Waals surface area contributed by atoms with Crippen molar-refractivity contribution in [2.75, 3.05) is 13.1 Å². The fourth-order valence-electron chi connectivity index (χ4n) is 2.79. The van der Waals surface area contributed by atoms with Crippen molar-refractivity contribution in [3.8, 4) is 0 Å². The van der Waals surface area contributed by atoms with Gasteiger partial charge < -0.3 is 10.1 Å². The predicted octanol–water partition coefficient (Wildman–Crippen LogP) is 0.695. The molecule has 2 aliphatic rings. The van der Waals surface area contributed by atoms with Crippen molar-refractivity contribution >= 4 is 11.9 Å². The average molecular weight is 274 g/mol. The molecule has 2 unspecified atom stereocenters. The van der Waals surface area contributed by atoms with Crippen LogP contribution in [0.3, 0.4) is 0 Å². The Hall–Kier alpha value is -1.88. The highest BCUT2D eigenvalue weighted by molar-refractivity contribution is 5.84. The first-order valence-electron chi connectivity index (χ1n) is 7.02. The van der Waals surface area contributed by atoms with Crippen LogP contribution in [0.1, 0.15) is 30.1 Å². The second kappa shape index (κ2) is 5.63. The van der Waals surface area contributed by atoms with Crippen LogP contribution >= 0.6 is 0 Å². The molecule has 1 fully saturated rings. The lowest BCUT2D eigenvalue weighted by molar-refractivity contribution is -0.153. The van der Waals surface area contributed by atoms with Crippen LogP contribution in [0.2, 0.25) is 0 Å². The second-order valence-electron chi connectivity index (χ2n) is 5.25. The van der Waals surface area contributed by atoms with Crippen LogP contribution in [0.4, 0.5) is 0 Å². The molecule has 2 N–H and O–H groups in total. The Morgan fingerprint density at radius 3 is 2.95 bits per heavy atom. The van der Waals surface area contributed by atoms with Gasteiger partial charge in [0, 0.05) is 6.54 Å². The van der Waals surface area contributed by atoms with Gasteiger partial charge in [0.25, 0.3) is 0 Å². The maximum absolute atomic E-state index is 12.1. The summed E-state index contributed by atoms with van der Waals surface area (Å²) < 4.78 is 5.64. The third-order valence-electron chi connectivity index (χ3n) is 3.87. The molecule has 0 aromatic heterocycles. The van der Waals surface area contributed by atoms with E-state index >= 15 is 0 Å². The van der Waals surface area contributed by atoms with E-state index in [1.807, 2.05) is 18.2 Å². The number of benzene rings is 1. The molecular weight excluding hydrogens is 256 g/mol. The largest absolute Gasteiger partial charge is 0.456 e. The molecule has 5 nitrogen and oxygen atoms in total. The van der Waals surface area contributed by atoms with Crippen molar-refractivity contribution < 1.29 is 14.3 Å². The van der Waals surface area contributed by atoms with Crippen molar-refractivity contribution in [1.82, 2.24) is 10.6 Å². The molecule has 1 aliphatic heterocycles. The fraction of sp³-hybridized carbons (Fsp3) is 0.467. The van der Waals surface area contributed by atoms with E-state index in [4.69, 9.17) is 4.74 Å². The zero-order valence-corrected chi connectivity index (χ0v) is 11.2. The molecule has 0 radical (unpaired) electrons. The van der Waals surface area contributed by atoms with Crippen molar-refractivity contribution in [1.29, 1.82) is 0 Å². The van der Waals surface area contributed by atoms with Gasteiger partial charge in [0.2, 0.25) is 5.91 Å². The highest BCUT2D eigenvalue weighted by atomic mass is 16.5. The number of amides is 1. The van der Waals surface area contributed by atoms with Crippen LogP contribution < -0.4 is 10.6 Å². The minimum absolute atomic E-state index is 0.0861. The van der Waals surface area contributed by atoms with Gasteiger partial charge in [-0.25, -0.2) is 0 Å². The average Bonchev–Trinajstić information content (AvgIpc) is 2.48. The van der Waals surface area contributed by atoms with E-state index in [9.17, 15) is 9.59 Å².